The molecular formula is C19H26O8S. The third-order valence-corrected chi connectivity index (χ3v) is 6.30. The molecule has 4 rings (SSSR count). The fourth-order valence-corrected chi connectivity index (χ4v) is 4.79. The summed E-state index contributed by atoms with van der Waals surface area (Å²) in [7, 11) is -4.04. The number of fused-ring (bicyclic) bond motifs is 1. The van der Waals surface area contributed by atoms with Gasteiger partial charge in [-0.15, -0.1) is 0 Å². The molecule has 28 heavy (non-hydrogen) atoms. The number of benzene rings is 1. The standard InChI is InChI=1S/C19H26O8S/c1-11-6-8-12(9-7-11)28(20,21)27-15-14(13-10-22-18(2,3)24-13)23-17-16(15)25-19(4,5)26-17/h6-9,13-17H,10H2,1-5H3/t13?,14?,15-,16-,17-/m1/s1. The highest BCUT2D eigenvalue weighted by Gasteiger charge is 2.60. The smallest absolute Gasteiger partial charge is 0.297 e. The van der Waals surface area contributed by atoms with Crippen LogP contribution in [0.25, 0.3) is 0 Å². The van der Waals surface area contributed by atoms with Crippen molar-refractivity contribution in [3.05, 3.63) is 29.8 Å². The molecule has 9 heteroatoms. The highest BCUT2D eigenvalue weighted by Crippen LogP contribution is 2.42. The van der Waals surface area contributed by atoms with Gasteiger partial charge in [0.05, 0.1) is 11.5 Å². The van der Waals surface area contributed by atoms with Crippen LogP contribution in [0.4, 0.5) is 0 Å². The minimum Gasteiger partial charge on any atom is -0.348 e. The maximum absolute atomic E-state index is 12.9. The van der Waals surface area contributed by atoms with Crippen LogP contribution in [-0.2, 0) is 38.0 Å². The molecule has 0 amide bonds. The van der Waals surface area contributed by atoms with Crippen molar-refractivity contribution in [3.63, 3.8) is 0 Å². The Morgan fingerprint density at radius 2 is 1.64 bits per heavy atom. The van der Waals surface area contributed by atoms with Crippen LogP contribution in [0.3, 0.4) is 0 Å². The van der Waals surface area contributed by atoms with Crippen molar-refractivity contribution < 1.29 is 36.3 Å². The normalized spacial score (nSPS) is 36.5. The summed E-state index contributed by atoms with van der Waals surface area (Å²) < 4.78 is 60.5. The lowest BCUT2D eigenvalue weighted by atomic mass is 10.1. The summed E-state index contributed by atoms with van der Waals surface area (Å²) in [6.07, 6.45) is -3.60. The van der Waals surface area contributed by atoms with E-state index in [-0.39, 0.29) is 11.5 Å². The zero-order valence-electron chi connectivity index (χ0n) is 16.6. The fraction of sp³-hybridized carbons (Fsp3) is 0.684. The average Bonchev–Trinajstić information content (AvgIpc) is 3.18. The number of hydrogen-bond donors (Lipinski definition) is 0. The number of ether oxygens (including phenoxy) is 5. The Morgan fingerprint density at radius 3 is 2.25 bits per heavy atom. The Hall–Kier alpha value is -1.07. The maximum atomic E-state index is 12.9. The summed E-state index contributed by atoms with van der Waals surface area (Å²) in [4.78, 5) is 0.0717. The molecule has 0 saturated carbocycles. The Labute approximate surface area is 165 Å². The van der Waals surface area contributed by atoms with Gasteiger partial charge in [-0.25, -0.2) is 0 Å². The first-order chi connectivity index (χ1) is 13.0. The number of hydrogen-bond acceptors (Lipinski definition) is 8. The molecule has 0 N–H and O–H groups in total. The van der Waals surface area contributed by atoms with Gasteiger partial charge in [0, 0.05) is 0 Å². The van der Waals surface area contributed by atoms with Crippen molar-refractivity contribution in [2.24, 2.45) is 0 Å². The van der Waals surface area contributed by atoms with E-state index in [9.17, 15) is 8.42 Å². The third kappa shape index (κ3) is 3.85. The van der Waals surface area contributed by atoms with Crippen molar-refractivity contribution in [2.75, 3.05) is 6.61 Å². The van der Waals surface area contributed by atoms with Crippen LogP contribution in [0.2, 0.25) is 0 Å². The minimum atomic E-state index is -4.04. The van der Waals surface area contributed by atoms with Crippen LogP contribution < -0.4 is 0 Å². The average molecular weight is 414 g/mol. The largest absolute Gasteiger partial charge is 0.348 e. The molecule has 3 saturated heterocycles. The van der Waals surface area contributed by atoms with Gasteiger partial charge in [0.2, 0.25) is 0 Å². The molecule has 8 nitrogen and oxygen atoms in total. The molecule has 3 heterocycles. The highest BCUT2D eigenvalue weighted by molar-refractivity contribution is 7.86. The van der Waals surface area contributed by atoms with Gasteiger partial charge in [0.1, 0.15) is 24.4 Å². The Kier molecular flexibility index (Phi) is 4.86. The summed E-state index contributed by atoms with van der Waals surface area (Å²) >= 11 is 0. The fourth-order valence-electron chi connectivity index (χ4n) is 3.70. The van der Waals surface area contributed by atoms with Crippen LogP contribution in [-0.4, -0.2) is 57.3 Å². The molecule has 1 aromatic carbocycles. The lowest BCUT2D eigenvalue weighted by Gasteiger charge is -2.28. The summed E-state index contributed by atoms with van der Waals surface area (Å²) in [5.74, 6) is -1.69. The van der Waals surface area contributed by atoms with Crippen molar-refractivity contribution in [2.45, 2.75) is 81.8 Å². The van der Waals surface area contributed by atoms with Gasteiger partial charge >= 0.3 is 0 Å². The van der Waals surface area contributed by atoms with E-state index in [1.807, 2.05) is 6.92 Å². The molecule has 0 aromatic heterocycles. The van der Waals surface area contributed by atoms with Crippen molar-refractivity contribution in [1.29, 1.82) is 0 Å². The molecule has 3 aliphatic heterocycles. The maximum Gasteiger partial charge on any atom is 0.297 e. The van der Waals surface area contributed by atoms with Gasteiger partial charge in [0.15, 0.2) is 17.9 Å². The van der Waals surface area contributed by atoms with E-state index < -0.39 is 52.4 Å². The molecule has 3 fully saturated rings. The van der Waals surface area contributed by atoms with E-state index in [4.69, 9.17) is 27.9 Å². The van der Waals surface area contributed by atoms with Crippen LogP contribution in [0, 0.1) is 6.92 Å². The van der Waals surface area contributed by atoms with Gasteiger partial charge < -0.3 is 23.7 Å². The van der Waals surface area contributed by atoms with E-state index in [2.05, 4.69) is 0 Å². The lowest BCUT2D eigenvalue weighted by molar-refractivity contribution is -0.230. The van der Waals surface area contributed by atoms with Crippen molar-refractivity contribution >= 4 is 10.1 Å². The summed E-state index contributed by atoms with van der Waals surface area (Å²) in [6.45, 7) is 9.20. The molecule has 0 bridgehead atoms. The summed E-state index contributed by atoms with van der Waals surface area (Å²) in [5, 5.41) is 0. The molecule has 2 unspecified atom stereocenters. The van der Waals surface area contributed by atoms with Crippen molar-refractivity contribution in [3.8, 4) is 0 Å². The zero-order chi connectivity index (χ0) is 20.3. The molecule has 0 aliphatic carbocycles. The first-order valence-corrected chi connectivity index (χ1v) is 10.7. The first kappa shape index (κ1) is 20.2. The Balaban J connectivity index is 1.61. The van der Waals surface area contributed by atoms with Crippen LogP contribution in [0.1, 0.15) is 33.3 Å². The second kappa shape index (κ2) is 6.73. The third-order valence-electron chi connectivity index (χ3n) is 4.97. The second-order valence-electron chi connectivity index (χ2n) is 8.26. The molecule has 0 spiro atoms. The molecule has 156 valence electrons. The number of aryl methyl sites for hydroxylation is 1. The van der Waals surface area contributed by atoms with Gasteiger partial charge in [-0.05, 0) is 46.8 Å². The minimum absolute atomic E-state index is 0.0717. The van der Waals surface area contributed by atoms with E-state index in [0.29, 0.717) is 0 Å². The van der Waals surface area contributed by atoms with E-state index in [1.165, 1.54) is 12.1 Å². The first-order valence-electron chi connectivity index (χ1n) is 9.29. The van der Waals surface area contributed by atoms with Gasteiger partial charge in [-0.1, -0.05) is 17.7 Å². The van der Waals surface area contributed by atoms with E-state index in [0.717, 1.165) is 5.56 Å². The lowest BCUT2D eigenvalue weighted by Crippen LogP contribution is -2.45. The SMILES string of the molecule is Cc1ccc(S(=O)(=O)O[C@@H]2C(C3COC(C)(C)O3)O[C@@H]3OC(C)(C)O[C@@H]32)cc1. The van der Waals surface area contributed by atoms with Gasteiger partial charge in [0.25, 0.3) is 10.1 Å². The summed E-state index contributed by atoms with van der Waals surface area (Å²) in [6, 6.07) is 6.47. The molecule has 5 atom stereocenters. The predicted molar refractivity (Wildman–Crippen MR) is 96.8 cm³/mol. The van der Waals surface area contributed by atoms with Crippen molar-refractivity contribution in [1.82, 2.24) is 0 Å². The molecule has 3 aliphatic rings. The van der Waals surface area contributed by atoms with Gasteiger partial charge in [-0.3, -0.25) is 4.18 Å². The van der Waals surface area contributed by atoms with E-state index in [1.54, 1.807) is 39.8 Å². The monoisotopic (exact) mass is 414 g/mol. The second-order valence-corrected chi connectivity index (χ2v) is 9.84. The topological polar surface area (TPSA) is 89.5 Å². The van der Waals surface area contributed by atoms with Gasteiger partial charge in [-0.2, -0.15) is 8.42 Å². The predicted octanol–water partition coefficient (Wildman–Crippen LogP) is 2.10. The van der Waals surface area contributed by atoms with Crippen LogP contribution in [0.5, 0.6) is 0 Å². The molecule has 0 radical (unpaired) electrons. The highest BCUT2D eigenvalue weighted by atomic mass is 32.2. The zero-order valence-corrected chi connectivity index (χ0v) is 17.4. The Bertz CT molecular complexity index is 832. The summed E-state index contributed by atoms with van der Waals surface area (Å²) in [5.41, 5.74) is 0.953. The molecular weight excluding hydrogens is 388 g/mol. The van der Waals surface area contributed by atoms with Crippen LogP contribution in [0.15, 0.2) is 29.2 Å². The number of rotatable bonds is 4. The molecule has 1 aromatic rings. The van der Waals surface area contributed by atoms with E-state index >= 15 is 0 Å². The van der Waals surface area contributed by atoms with Crippen LogP contribution >= 0.6 is 0 Å². The quantitative estimate of drug-likeness (QED) is 0.692. The Morgan fingerprint density at radius 1 is 0.964 bits per heavy atom.